The second-order valence-corrected chi connectivity index (χ2v) is 8.11. The van der Waals surface area contributed by atoms with Gasteiger partial charge in [-0.15, -0.1) is 0 Å². The average Bonchev–Trinajstić information content (AvgIpc) is 3.05. The molecule has 4 nitrogen and oxygen atoms in total. The molecule has 1 aromatic rings. The van der Waals surface area contributed by atoms with E-state index in [0.29, 0.717) is 12.0 Å². The van der Waals surface area contributed by atoms with E-state index < -0.39 is 0 Å². The van der Waals surface area contributed by atoms with Gasteiger partial charge in [-0.2, -0.15) is 0 Å². The minimum Gasteiger partial charge on any atom is -0.497 e. The molecule has 24 heavy (non-hydrogen) atoms. The van der Waals surface area contributed by atoms with Gasteiger partial charge in [0.1, 0.15) is 5.75 Å². The molecule has 1 saturated carbocycles. The molecule has 2 aliphatic carbocycles. The predicted octanol–water partition coefficient (Wildman–Crippen LogP) is 2.74. The monoisotopic (exact) mass is 329 g/mol. The SMILES string of the molecule is COc1ccc2c(c1)C13CCN(C)C(C2)C1CCC1(C3)OCCO1. The Balaban J connectivity index is 1.65. The molecular formula is C20H27NO3. The van der Waals surface area contributed by atoms with Crippen molar-refractivity contribution in [1.82, 2.24) is 4.90 Å². The summed E-state index contributed by atoms with van der Waals surface area (Å²) >= 11 is 0. The maximum atomic E-state index is 6.15. The van der Waals surface area contributed by atoms with Crippen LogP contribution in [0.5, 0.6) is 5.75 Å². The van der Waals surface area contributed by atoms with Crippen LogP contribution in [0, 0.1) is 5.92 Å². The quantitative estimate of drug-likeness (QED) is 0.793. The fraction of sp³-hybridized carbons (Fsp3) is 0.700. The summed E-state index contributed by atoms with van der Waals surface area (Å²) in [5.41, 5.74) is 3.19. The Hall–Kier alpha value is -1.10. The largest absolute Gasteiger partial charge is 0.497 e. The van der Waals surface area contributed by atoms with E-state index in [4.69, 9.17) is 14.2 Å². The molecule has 3 unspecified atom stereocenters. The third kappa shape index (κ3) is 1.97. The summed E-state index contributed by atoms with van der Waals surface area (Å²) in [6.45, 7) is 2.65. The lowest BCUT2D eigenvalue weighted by Crippen LogP contribution is -2.63. The van der Waals surface area contributed by atoms with E-state index >= 15 is 0 Å². The molecule has 5 rings (SSSR count). The van der Waals surface area contributed by atoms with Crippen LogP contribution < -0.4 is 4.74 Å². The molecular weight excluding hydrogens is 302 g/mol. The Bertz CT molecular complexity index is 654. The Labute approximate surface area is 144 Å². The smallest absolute Gasteiger partial charge is 0.169 e. The number of rotatable bonds is 1. The van der Waals surface area contributed by atoms with Gasteiger partial charge in [-0.1, -0.05) is 6.07 Å². The van der Waals surface area contributed by atoms with Crippen molar-refractivity contribution >= 4 is 0 Å². The fourth-order valence-corrected chi connectivity index (χ4v) is 6.06. The first kappa shape index (κ1) is 15.2. The lowest BCUT2D eigenvalue weighted by atomic mass is 9.51. The van der Waals surface area contributed by atoms with Crippen molar-refractivity contribution in [1.29, 1.82) is 0 Å². The van der Waals surface area contributed by atoms with Gasteiger partial charge in [-0.3, -0.25) is 0 Å². The van der Waals surface area contributed by atoms with Crippen molar-refractivity contribution in [3.8, 4) is 5.75 Å². The van der Waals surface area contributed by atoms with Gasteiger partial charge < -0.3 is 19.1 Å². The van der Waals surface area contributed by atoms with Gasteiger partial charge >= 0.3 is 0 Å². The lowest BCUT2D eigenvalue weighted by molar-refractivity contribution is -0.212. The van der Waals surface area contributed by atoms with Gasteiger partial charge in [0.25, 0.3) is 0 Å². The molecule has 0 radical (unpaired) electrons. The Morgan fingerprint density at radius 3 is 2.83 bits per heavy atom. The second kappa shape index (κ2) is 5.20. The molecule has 1 aromatic carbocycles. The average molecular weight is 329 g/mol. The van der Waals surface area contributed by atoms with Gasteiger partial charge in [-0.05, 0) is 62.0 Å². The highest BCUT2D eigenvalue weighted by Gasteiger charge is 2.60. The third-order valence-electron chi connectivity index (χ3n) is 7.17. The highest BCUT2D eigenvalue weighted by atomic mass is 16.7. The highest BCUT2D eigenvalue weighted by molar-refractivity contribution is 5.46. The lowest BCUT2D eigenvalue weighted by Gasteiger charge is -2.60. The summed E-state index contributed by atoms with van der Waals surface area (Å²) in [6.07, 6.45) is 5.61. The minimum atomic E-state index is -0.339. The van der Waals surface area contributed by atoms with Crippen molar-refractivity contribution in [2.75, 3.05) is 33.9 Å². The number of nitrogens with zero attached hydrogens (tertiary/aromatic N) is 1. The molecule has 2 heterocycles. The van der Waals surface area contributed by atoms with E-state index in [0.717, 1.165) is 44.8 Å². The first-order valence-corrected chi connectivity index (χ1v) is 9.31. The molecule has 4 aliphatic rings. The summed E-state index contributed by atoms with van der Waals surface area (Å²) < 4.78 is 17.9. The van der Waals surface area contributed by atoms with Crippen LogP contribution in [0.25, 0.3) is 0 Å². The van der Waals surface area contributed by atoms with E-state index in [1.165, 1.54) is 24.0 Å². The number of methoxy groups -OCH3 is 1. The molecule has 0 amide bonds. The van der Waals surface area contributed by atoms with Gasteiger partial charge in [0.2, 0.25) is 0 Å². The maximum absolute atomic E-state index is 6.15. The van der Waals surface area contributed by atoms with Crippen molar-refractivity contribution in [3.63, 3.8) is 0 Å². The van der Waals surface area contributed by atoms with Crippen LogP contribution in [-0.2, 0) is 21.3 Å². The molecule has 0 aromatic heterocycles. The number of likely N-dealkylation sites (tertiary alicyclic amines) is 1. The fourth-order valence-electron chi connectivity index (χ4n) is 6.06. The summed E-state index contributed by atoms with van der Waals surface area (Å²) in [7, 11) is 4.07. The molecule has 4 heteroatoms. The molecule has 1 spiro atoms. The standard InChI is InChI=1S/C20H27NO3/c1-21-8-7-19-13-20(23-9-10-24-20)6-5-16(19)18(21)11-14-3-4-15(22-2)12-17(14)19/h3-4,12,16,18H,5-11,13H2,1-2H3. The van der Waals surface area contributed by atoms with Gasteiger partial charge in [-0.25, -0.2) is 0 Å². The first-order chi connectivity index (χ1) is 11.7. The number of hydrogen-bond donors (Lipinski definition) is 0. The van der Waals surface area contributed by atoms with E-state index in [1.54, 1.807) is 7.11 Å². The van der Waals surface area contributed by atoms with Crippen LogP contribution in [0.4, 0.5) is 0 Å². The van der Waals surface area contributed by atoms with Crippen LogP contribution in [0.1, 0.15) is 36.8 Å². The highest BCUT2D eigenvalue weighted by Crippen LogP contribution is 2.59. The van der Waals surface area contributed by atoms with E-state index in [-0.39, 0.29) is 11.2 Å². The van der Waals surface area contributed by atoms with Crippen molar-refractivity contribution in [2.45, 2.75) is 49.3 Å². The number of fused-ring (bicyclic) bond motifs is 1. The van der Waals surface area contributed by atoms with Crippen LogP contribution in [0.3, 0.4) is 0 Å². The number of hydrogen-bond acceptors (Lipinski definition) is 4. The second-order valence-electron chi connectivity index (χ2n) is 8.11. The Morgan fingerprint density at radius 1 is 1.21 bits per heavy atom. The minimum absolute atomic E-state index is 0.182. The Morgan fingerprint density at radius 2 is 2.04 bits per heavy atom. The summed E-state index contributed by atoms with van der Waals surface area (Å²) in [4.78, 5) is 2.59. The summed E-state index contributed by atoms with van der Waals surface area (Å²) in [6, 6.07) is 7.36. The zero-order chi connectivity index (χ0) is 16.4. The van der Waals surface area contributed by atoms with Crippen LogP contribution >= 0.6 is 0 Å². The first-order valence-electron chi connectivity index (χ1n) is 9.31. The molecule has 0 N–H and O–H groups in total. The normalized spacial score (nSPS) is 37.1. The predicted molar refractivity (Wildman–Crippen MR) is 91.4 cm³/mol. The van der Waals surface area contributed by atoms with Gasteiger partial charge in [0.15, 0.2) is 5.79 Å². The molecule has 2 saturated heterocycles. The van der Waals surface area contributed by atoms with Crippen molar-refractivity contribution in [2.24, 2.45) is 5.92 Å². The van der Waals surface area contributed by atoms with Gasteiger partial charge in [0, 0.05) is 24.3 Å². The third-order valence-corrected chi connectivity index (χ3v) is 7.17. The van der Waals surface area contributed by atoms with Gasteiger partial charge in [0.05, 0.1) is 20.3 Å². The summed E-state index contributed by atoms with van der Waals surface area (Å²) in [5, 5.41) is 0. The van der Waals surface area contributed by atoms with E-state index in [9.17, 15) is 0 Å². The zero-order valence-electron chi connectivity index (χ0n) is 14.7. The van der Waals surface area contributed by atoms with Crippen LogP contribution in [0.15, 0.2) is 18.2 Å². The van der Waals surface area contributed by atoms with E-state index in [1.807, 2.05) is 0 Å². The van der Waals surface area contributed by atoms with Crippen LogP contribution in [0.2, 0.25) is 0 Å². The molecule has 2 bridgehead atoms. The Kier molecular flexibility index (Phi) is 3.29. The number of benzene rings is 1. The number of piperidine rings is 1. The molecule has 130 valence electrons. The summed E-state index contributed by atoms with van der Waals surface area (Å²) in [5.74, 6) is 1.34. The zero-order valence-corrected chi connectivity index (χ0v) is 14.7. The maximum Gasteiger partial charge on any atom is 0.169 e. The molecule has 3 fully saturated rings. The number of likely N-dealkylation sites (N-methyl/N-ethyl adjacent to an activating group) is 1. The van der Waals surface area contributed by atoms with Crippen molar-refractivity contribution < 1.29 is 14.2 Å². The molecule has 3 atom stereocenters. The van der Waals surface area contributed by atoms with E-state index in [2.05, 4.69) is 30.1 Å². The molecule has 2 aliphatic heterocycles. The number of ether oxygens (including phenoxy) is 3. The topological polar surface area (TPSA) is 30.9 Å². The van der Waals surface area contributed by atoms with Crippen molar-refractivity contribution in [3.05, 3.63) is 29.3 Å². The van der Waals surface area contributed by atoms with Crippen LogP contribution in [-0.4, -0.2) is 50.6 Å².